The monoisotopic (exact) mass is 144 g/mol. The van der Waals surface area contributed by atoms with Gasteiger partial charge in [-0.2, -0.15) is 11.8 Å². The van der Waals surface area contributed by atoms with E-state index in [2.05, 4.69) is 0 Å². The van der Waals surface area contributed by atoms with Crippen LogP contribution in [0.3, 0.4) is 0 Å². The highest BCUT2D eigenvalue weighted by atomic mass is 32.2. The van der Waals surface area contributed by atoms with Gasteiger partial charge in [-0.3, -0.25) is 4.79 Å². The Morgan fingerprint density at radius 1 is 1.56 bits per heavy atom. The van der Waals surface area contributed by atoms with Crippen molar-refractivity contribution in [2.24, 2.45) is 11.8 Å². The predicted octanol–water partition coefficient (Wildman–Crippen LogP) is 1.57. The highest BCUT2D eigenvalue weighted by Gasteiger charge is 2.27. The number of thioether (sulfide) groups is 1. The van der Waals surface area contributed by atoms with Gasteiger partial charge in [0.25, 0.3) is 0 Å². The number of carbonyl (C=O) groups excluding carboxylic acids is 1. The molecule has 1 rings (SSSR count). The Morgan fingerprint density at radius 3 is 2.22 bits per heavy atom. The molecule has 1 saturated heterocycles. The van der Waals surface area contributed by atoms with Crippen molar-refractivity contribution in [2.45, 2.75) is 13.8 Å². The van der Waals surface area contributed by atoms with Gasteiger partial charge in [-0.15, -0.1) is 0 Å². The van der Waals surface area contributed by atoms with E-state index in [0.717, 1.165) is 11.5 Å². The molecule has 1 aliphatic rings. The highest BCUT2D eigenvalue weighted by molar-refractivity contribution is 8.00. The van der Waals surface area contributed by atoms with Crippen LogP contribution in [0, 0.1) is 11.8 Å². The average molecular weight is 144 g/mol. The van der Waals surface area contributed by atoms with E-state index in [1.807, 2.05) is 25.6 Å². The number of hydrogen-bond donors (Lipinski definition) is 0. The fraction of sp³-hybridized carbons (Fsp3) is 0.857. The standard InChI is InChI=1S/C7H12OS/c1-5(2)7(8)6-3-9-4-6/h5-6H,3-4H2,1-2H3. The van der Waals surface area contributed by atoms with Gasteiger partial charge in [-0.25, -0.2) is 0 Å². The van der Waals surface area contributed by atoms with E-state index in [9.17, 15) is 4.79 Å². The Balaban J connectivity index is 2.32. The Bertz CT molecular complexity index is 116. The van der Waals surface area contributed by atoms with Crippen molar-refractivity contribution in [1.29, 1.82) is 0 Å². The van der Waals surface area contributed by atoms with Crippen LogP contribution in [0.25, 0.3) is 0 Å². The summed E-state index contributed by atoms with van der Waals surface area (Å²) in [4.78, 5) is 11.1. The predicted molar refractivity (Wildman–Crippen MR) is 40.7 cm³/mol. The van der Waals surface area contributed by atoms with Crippen molar-refractivity contribution in [1.82, 2.24) is 0 Å². The van der Waals surface area contributed by atoms with E-state index in [1.165, 1.54) is 0 Å². The van der Waals surface area contributed by atoms with Crippen LogP contribution in [0.1, 0.15) is 13.8 Å². The molecule has 1 heterocycles. The molecule has 0 atom stereocenters. The van der Waals surface area contributed by atoms with Crippen molar-refractivity contribution < 1.29 is 4.79 Å². The molecular weight excluding hydrogens is 132 g/mol. The van der Waals surface area contributed by atoms with Crippen molar-refractivity contribution >= 4 is 17.5 Å². The van der Waals surface area contributed by atoms with Crippen LogP contribution in [0.4, 0.5) is 0 Å². The molecule has 0 aromatic rings. The molecular formula is C7H12OS. The Labute approximate surface area is 60.2 Å². The molecule has 0 radical (unpaired) electrons. The summed E-state index contributed by atoms with van der Waals surface area (Å²) in [5, 5.41) is 0. The third kappa shape index (κ3) is 1.48. The molecule has 52 valence electrons. The zero-order valence-electron chi connectivity index (χ0n) is 5.89. The van der Waals surface area contributed by atoms with Gasteiger partial charge in [0.15, 0.2) is 0 Å². The first-order valence-corrected chi connectivity index (χ1v) is 4.48. The van der Waals surface area contributed by atoms with Gasteiger partial charge < -0.3 is 0 Å². The summed E-state index contributed by atoms with van der Waals surface area (Å²) in [5.41, 5.74) is 0. The first-order chi connectivity index (χ1) is 4.22. The van der Waals surface area contributed by atoms with Gasteiger partial charge >= 0.3 is 0 Å². The third-order valence-corrected chi connectivity index (χ3v) is 2.89. The van der Waals surface area contributed by atoms with E-state index in [1.54, 1.807) is 0 Å². The maximum Gasteiger partial charge on any atom is 0.140 e. The summed E-state index contributed by atoms with van der Waals surface area (Å²) >= 11 is 1.87. The molecule has 1 nitrogen and oxygen atoms in total. The zero-order chi connectivity index (χ0) is 6.85. The summed E-state index contributed by atoms with van der Waals surface area (Å²) in [6, 6.07) is 0. The molecule has 9 heavy (non-hydrogen) atoms. The number of rotatable bonds is 2. The van der Waals surface area contributed by atoms with Gasteiger partial charge in [0.2, 0.25) is 0 Å². The quantitative estimate of drug-likeness (QED) is 0.585. The SMILES string of the molecule is CC(C)C(=O)C1CSC1. The third-order valence-electron chi connectivity index (χ3n) is 1.61. The Hall–Kier alpha value is 0.0200. The highest BCUT2D eigenvalue weighted by Crippen LogP contribution is 2.27. The molecule has 1 aliphatic heterocycles. The Morgan fingerprint density at radius 2 is 2.11 bits per heavy atom. The van der Waals surface area contributed by atoms with Gasteiger partial charge in [0, 0.05) is 23.3 Å². The molecule has 0 amide bonds. The first kappa shape index (κ1) is 7.13. The second kappa shape index (κ2) is 2.74. The van der Waals surface area contributed by atoms with Gasteiger partial charge in [0.05, 0.1) is 0 Å². The fourth-order valence-electron chi connectivity index (χ4n) is 0.871. The number of carbonyl (C=O) groups is 1. The van der Waals surface area contributed by atoms with E-state index < -0.39 is 0 Å². The molecule has 0 spiro atoms. The van der Waals surface area contributed by atoms with Gasteiger partial charge in [0.1, 0.15) is 5.78 Å². The summed E-state index contributed by atoms with van der Waals surface area (Å²) in [7, 11) is 0. The van der Waals surface area contributed by atoms with Crippen LogP contribution in [-0.4, -0.2) is 17.3 Å². The minimum atomic E-state index is 0.246. The van der Waals surface area contributed by atoms with Crippen LogP contribution >= 0.6 is 11.8 Å². The van der Waals surface area contributed by atoms with E-state index >= 15 is 0 Å². The molecule has 2 heteroatoms. The Kier molecular flexibility index (Phi) is 2.17. The van der Waals surface area contributed by atoms with E-state index in [4.69, 9.17) is 0 Å². The molecule has 0 aromatic heterocycles. The van der Waals surface area contributed by atoms with Crippen LogP contribution in [0.5, 0.6) is 0 Å². The molecule has 0 unspecified atom stereocenters. The number of ketones is 1. The zero-order valence-corrected chi connectivity index (χ0v) is 6.70. The smallest absolute Gasteiger partial charge is 0.140 e. The lowest BCUT2D eigenvalue weighted by Crippen LogP contribution is -2.30. The second-order valence-electron chi connectivity index (χ2n) is 2.79. The molecule has 0 saturated carbocycles. The molecule has 0 N–H and O–H groups in total. The van der Waals surface area contributed by atoms with Crippen molar-refractivity contribution in [3.05, 3.63) is 0 Å². The van der Waals surface area contributed by atoms with Crippen LogP contribution in [0.15, 0.2) is 0 Å². The summed E-state index contributed by atoms with van der Waals surface area (Å²) in [6.07, 6.45) is 0. The van der Waals surface area contributed by atoms with Crippen molar-refractivity contribution in [2.75, 3.05) is 11.5 Å². The molecule has 0 aliphatic carbocycles. The van der Waals surface area contributed by atoms with Crippen LogP contribution < -0.4 is 0 Å². The largest absolute Gasteiger partial charge is 0.299 e. The average Bonchev–Trinajstić information content (AvgIpc) is 1.60. The summed E-state index contributed by atoms with van der Waals surface area (Å²) in [6.45, 7) is 3.96. The topological polar surface area (TPSA) is 17.1 Å². The number of Topliss-reactive ketones (excluding diaryl/α,β-unsaturated/α-hetero) is 1. The van der Waals surface area contributed by atoms with Crippen LogP contribution in [0.2, 0.25) is 0 Å². The minimum absolute atomic E-state index is 0.246. The van der Waals surface area contributed by atoms with E-state index in [0.29, 0.717) is 11.7 Å². The molecule has 0 aromatic carbocycles. The lowest BCUT2D eigenvalue weighted by Gasteiger charge is -2.24. The minimum Gasteiger partial charge on any atom is -0.299 e. The lowest BCUT2D eigenvalue weighted by atomic mass is 9.98. The van der Waals surface area contributed by atoms with Gasteiger partial charge in [-0.1, -0.05) is 13.8 Å². The first-order valence-electron chi connectivity index (χ1n) is 3.33. The number of hydrogen-bond acceptors (Lipinski definition) is 2. The van der Waals surface area contributed by atoms with Crippen LogP contribution in [-0.2, 0) is 4.79 Å². The van der Waals surface area contributed by atoms with Crippen molar-refractivity contribution in [3.63, 3.8) is 0 Å². The van der Waals surface area contributed by atoms with Gasteiger partial charge in [-0.05, 0) is 0 Å². The summed E-state index contributed by atoms with van der Waals surface area (Å²) in [5.74, 6) is 3.23. The second-order valence-corrected chi connectivity index (χ2v) is 3.87. The normalized spacial score (nSPS) is 19.9. The maximum atomic E-state index is 11.1. The molecule has 1 fully saturated rings. The molecule has 0 bridgehead atoms. The summed E-state index contributed by atoms with van der Waals surface area (Å²) < 4.78 is 0. The fourth-order valence-corrected chi connectivity index (χ4v) is 1.67. The maximum absolute atomic E-state index is 11.1. The lowest BCUT2D eigenvalue weighted by molar-refractivity contribution is -0.124. The van der Waals surface area contributed by atoms with E-state index in [-0.39, 0.29) is 5.92 Å². The van der Waals surface area contributed by atoms with Crippen molar-refractivity contribution in [3.8, 4) is 0 Å².